The van der Waals surface area contributed by atoms with Crippen LogP contribution < -0.4 is 0 Å². The van der Waals surface area contributed by atoms with E-state index in [1.807, 2.05) is 20.8 Å². The van der Waals surface area contributed by atoms with Crippen molar-refractivity contribution in [3.8, 4) is 0 Å². The fourth-order valence-corrected chi connectivity index (χ4v) is 2.94. The Balaban J connectivity index is 2.82. The van der Waals surface area contributed by atoms with E-state index in [1.165, 1.54) is 16.7 Å². The number of carboxylic acids is 1. The van der Waals surface area contributed by atoms with E-state index in [2.05, 4.69) is 0 Å². The number of hydrogen-bond donors (Lipinski definition) is 1. The third-order valence-electron chi connectivity index (χ3n) is 2.76. The summed E-state index contributed by atoms with van der Waals surface area (Å²) in [5.74, 6) is -0.443. The monoisotopic (exact) mass is 246 g/mol. The van der Waals surface area contributed by atoms with Crippen LogP contribution in [0.2, 0.25) is 0 Å². The molecule has 0 aromatic heterocycles. The zero-order chi connectivity index (χ0) is 12.3. The maximum Gasteiger partial charge on any atom is 0.327 e. The topological polar surface area (TPSA) is 60.9 Å². The number of nitrogens with zero attached hydrogens (tertiary/aromatic N) is 2. The van der Waals surface area contributed by atoms with Crippen LogP contribution >= 0.6 is 11.8 Å². The second-order valence-corrected chi connectivity index (χ2v) is 5.00. The van der Waals surface area contributed by atoms with Gasteiger partial charge in [0.1, 0.15) is 6.04 Å². The molecule has 0 bridgehead atoms. The number of carbonyl (C=O) groups excluding carboxylic acids is 1. The first-order valence-corrected chi connectivity index (χ1v) is 6.49. The zero-order valence-corrected chi connectivity index (χ0v) is 10.7. The summed E-state index contributed by atoms with van der Waals surface area (Å²) in [4.78, 5) is 26.3. The van der Waals surface area contributed by atoms with E-state index in [0.717, 1.165) is 0 Å². The Bertz CT molecular complexity index is 281. The van der Waals surface area contributed by atoms with Crippen LogP contribution in [-0.2, 0) is 4.79 Å². The summed E-state index contributed by atoms with van der Waals surface area (Å²) in [6.07, 6.45) is 0. The molecule has 1 saturated heterocycles. The first-order valence-electron chi connectivity index (χ1n) is 5.44. The number of amides is 2. The van der Waals surface area contributed by atoms with Crippen LogP contribution in [0.3, 0.4) is 0 Å². The molecule has 2 atom stereocenters. The van der Waals surface area contributed by atoms with E-state index in [9.17, 15) is 9.59 Å². The molecular formula is C10H18N2O3S. The highest BCUT2D eigenvalue weighted by Gasteiger charge is 2.40. The summed E-state index contributed by atoms with van der Waals surface area (Å²) in [6.45, 7) is 6.87. The maximum atomic E-state index is 12.1. The van der Waals surface area contributed by atoms with Gasteiger partial charge in [0.15, 0.2) is 0 Å². The van der Waals surface area contributed by atoms with Gasteiger partial charge >= 0.3 is 12.0 Å². The van der Waals surface area contributed by atoms with Gasteiger partial charge in [0.25, 0.3) is 0 Å². The van der Waals surface area contributed by atoms with Gasteiger partial charge in [-0.3, -0.25) is 4.90 Å². The smallest absolute Gasteiger partial charge is 0.327 e. The molecule has 92 valence electrons. The highest BCUT2D eigenvalue weighted by molar-refractivity contribution is 8.00. The van der Waals surface area contributed by atoms with Crippen LogP contribution in [0.15, 0.2) is 0 Å². The van der Waals surface area contributed by atoms with Crippen LogP contribution in [0.1, 0.15) is 20.8 Å². The fraction of sp³-hybridized carbons (Fsp3) is 0.800. The molecule has 2 amide bonds. The highest BCUT2D eigenvalue weighted by atomic mass is 32.2. The molecule has 1 fully saturated rings. The standard InChI is InChI=1S/C10H18N2O3S/c1-4-11(5-2)10(15)12-7(3)16-6-8(12)9(13)14/h7-8H,4-6H2,1-3H3,(H,13,14). The Hall–Kier alpha value is -0.910. The van der Waals surface area contributed by atoms with Crippen LogP contribution in [0, 0.1) is 0 Å². The molecule has 1 N–H and O–H groups in total. The fourth-order valence-electron chi connectivity index (χ4n) is 1.78. The molecule has 0 aromatic rings. The van der Waals surface area contributed by atoms with Crippen molar-refractivity contribution in [2.75, 3.05) is 18.8 Å². The Morgan fingerprint density at radius 1 is 1.44 bits per heavy atom. The van der Waals surface area contributed by atoms with E-state index in [1.54, 1.807) is 4.90 Å². The Morgan fingerprint density at radius 2 is 2.00 bits per heavy atom. The molecule has 0 aliphatic carbocycles. The summed E-state index contributed by atoms with van der Waals surface area (Å²) in [7, 11) is 0. The largest absolute Gasteiger partial charge is 0.480 e. The predicted molar refractivity (Wildman–Crippen MR) is 63.5 cm³/mol. The summed E-state index contributed by atoms with van der Waals surface area (Å²) in [5, 5.41) is 8.99. The first-order chi connectivity index (χ1) is 7.52. The second kappa shape index (κ2) is 5.43. The van der Waals surface area contributed by atoms with Crippen molar-refractivity contribution in [2.24, 2.45) is 0 Å². The summed E-state index contributed by atoms with van der Waals surface area (Å²) in [6, 6.07) is -0.858. The van der Waals surface area contributed by atoms with Crippen LogP contribution in [0.5, 0.6) is 0 Å². The number of carbonyl (C=O) groups is 2. The second-order valence-electron chi connectivity index (χ2n) is 3.65. The SMILES string of the molecule is CCN(CC)C(=O)N1C(C)SCC1C(=O)O. The normalized spacial score (nSPS) is 24.6. The van der Waals surface area contributed by atoms with E-state index < -0.39 is 12.0 Å². The van der Waals surface area contributed by atoms with Gasteiger partial charge in [-0.25, -0.2) is 9.59 Å². The molecule has 0 spiro atoms. The van der Waals surface area contributed by atoms with Crippen molar-refractivity contribution in [3.05, 3.63) is 0 Å². The molecule has 5 nitrogen and oxygen atoms in total. The molecule has 16 heavy (non-hydrogen) atoms. The summed E-state index contributed by atoms with van der Waals surface area (Å²) >= 11 is 1.51. The van der Waals surface area contributed by atoms with E-state index in [0.29, 0.717) is 18.8 Å². The molecular weight excluding hydrogens is 228 g/mol. The van der Waals surface area contributed by atoms with Crippen LogP contribution in [0.25, 0.3) is 0 Å². The molecule has 2 unspecified atom stereocenters. The zero-order valence-electron chi connectivity index (χ0n) is 9.84. The van der Waals surface area contributed by atoms with Crippen molar-refractivity contribution >= 4 is 23.8 Å². The third kappa shape index (κ3) is 2.42. The average molecular weight is 246 g/mol. The minimum Gasteiger partial charge on any atom is -0.480 e. The molecule has 6 heteroatoms. The van der Waals surface area contributed by atoms with Gasteiger partial charge in [-0.15, -0.1) is 11.8 Å². The number of urea groups is 1. The molecule has 1 heterocycles. The summed E-state index contributed by atoms with van der Waals surface area (Å²) in [5.41, 5.74) is 0. The van der Waals surface area contributed by atoms with E-state index >= 15 is 0 Å². The number of aliphatic carboxylic acids is 1. The first kappa shape index (κ1) is 13.2. The average Bonchev–Trinajstić information content (AvgIpc) is 2.61. The minimum absolute atomic E-state index is 0.0609. The maximum absolute atomic E-state index is 12.1. The quantitative estimate of drug-likeness (QED) is 0.815. The van der Waals surface area contributed by atoms with Crippen molar-refractivity contribution < 1.29 is 14.7 Å². The van der Waals surface area contributed by atoms with E-state index in [4.69, 9.17) is 5.11 Å². The third-order valence-corrected chi connectivity index (χ3v) is 3.98. The van der Waals surface area contributed by atoms with Gasteiger partial charge < -0.3 is 10.0 Å². The number of hydrogen-bond acceptors (Lipinski definition) is 3. The predicted octanol–water partition coefficient (Wildman–Crippen LogP) is 1.30. The lowest BCUT2D eigenvalue weighted by Crippen LogP contribution is -2.51. The lowest BCUT2D eigenvalue weighted by molar-refractivity contribution is -0.141. The van der Waals surface area contributed by atoms with Crippen molar-refractivity contribution in [3.63, 3.8) is 0 Å². The van der Waals surface area contributed by atoms with Gasteiger partial charge in [-0.05, 0) is 20.8 Å². The van der Waals surface area contributed by atoms with Gasteiger partial charge in [0.2, 0.25) is 0 Å². The molecule has 0 radical (unpaired) electrons. The summed E-state index contributed by atoms with van der Waals surface area (Å²) < 4.78 is 0. The van der Waals surface area contributed by atoms with Gasteiger partial charge in [0.05, 0.1) is 5.37 Å². The highest BCUT2D eigenvalue weighted by Crippen LogP contribution is 2.29. The lowest BCUT2D eigenvalue weighted by atomic mass is 10.3. The number of carboxylic acid groups (broad SMARTS) is 1. The Labute approximate surface area is 99.8 Å². The molecule has 1 rings (SSSR count). The van der Waals surface area contributed by atoms with E-state index in [-0.39, 0.29) is 11.4 Å². The Kier molecular flexibility index (Phi) is 4.46. The number of thioether (sulfide) groups is 1. The lowest BCUT2D eigenvalue weighted by Gasteiger charge is -2.31. The molecule has 0 aromatic carbocycles. The van der Waals surface area contributed by atoms with Crippen LogP contribution in [-0.4, -0.2) is 57.2 Å². The van der Waals surface area contributed by atoms with Gasteiger partial charge in [-0.2, -0.15) is 0 Å². The molecule has 1 aliphatic heterocycles. The van der Waals surface area contributed by atoms with Gasteiger partial charge in [-0.1, -0.05) is 0 Å². The van der Waals surface area contributed by atoms with Crippen molar-refractivity contribution in [2.45, 2.75) is 32.2 Å². The Morgan fingerprint density at radius 3 is 2.44 bits per heavy atom. The minimum atomic E-state index is -0.919. The molecule has 1 aliphatic rings. The molecule has 0 saturated carbocycles. The number of rotatable bonds is 3. The van der Waals surface area contributed by atoms with Gasteiger partial charge in [0, 0.05) is 18.8 Å². The van der Waals surface area contributed by atoms with Crippen molar-refractivity contribution in [1.82, 2.24) is 9.80 Å². The van der Waals surface area contributed by atoms with Crippen LogP contribution in [0.4, 0.5) is 4.79 Å². The van der Waals surface area contributed by atoms with Crippen molar-refractivity contribution in [1.29, 1.82) is 0 Å².